The van der Waals surface area contributed by atoms with E-state index in [9.17, 15) is 4.79 Å². The summed E-state index contributed by atoms with van der Waals surface area (Å²) in [6.45, 7) is 2.04. The fraction of sp³-hybridized carbons (Fsp3) is 0.500. The summed E-state index contributed by atoms with van der Waals surface area (Å²) >= 11 is 1.30. The Morgan fingerprint density at radius 2 is 2.46 bits per heavy atom. The van der Waals surface area contributed by atoms with E-state index in [1.54, 1.807) is 13.2 Å². The van der Waals surface area contributed by atoms with Crippen molar-refractivity contribution in [3.05, 3.63) is 5.69 Å². The molecule has 0 spiro atoms. The van der Waals surface area contributed by atoms with Gasteiger partial charge in [-0.2, -0.15) is 4.79 Å². The van der Waals surface area contributed by atoms with E-state index in [2.05, 4.69) is 10.3 Å². The van der Waals surface area contributed by atoms with Crippen LogP contribution >= 0.6 is 11.8 Å². The molecule has 1 heterocycles. The first-order chi connectivity index (χ1) is 6.20. The van der Waals surface area contributed by atoms with Crippen LogP contribution in [0.4, 0.5) is 0 Å². The largest absolute Gasteiger partial charge is 0.461 e. The van der Waals surface area contributed by atoms with Crippen LogP contribution in [0.5, 0.6) is 0 Å². The van der Waals surface area contributed by atoms with Gasteiger partial charge in [0, 0.05) is 0 Å². The van der Waals surface area contributed by atoms with Gasteiger partial charge in [0.15, 0.2) is 5.03 Å². The second-order valence-electron chi connectivity index (χ2n) is 2.11. The number of aromatic nitrogens is 3. The Morgan fingerprint density at radius 1 is 1.77 bits per heavy atom. The number of rotatable bonds is 3. The van der Waals surface area contributed by atoms with Crippen molar-refractivity contribution in [1.82, 2.24) is 15.1 Å². The molecular formula is C6H10N4O2S. The van der Waals surface area contributed by atoms with Crippen LogP contribution in [0.15, 0.2) is 5.03 Å². The molecule has 72 valence electrons. The smallest absolute Gasteiger partial charge is 0.361 e. The monoisotopic (exact) mass is 202 g/mol. The van der Waals surface area contributed by atoms with Crippen LogP contribution in [0.25, 0.3) is 0 Å². The van der Waals surface area contributed by atoms with Crippen molar-refractivity contribution in [3.63, 3.8) is 0 Å². The van der Waals surface area contributed by atoms with Gasteiger partial charge in [0.1, 0.15) is 0 Å². The van der Waals surface area contributed by atoms with Gasteiger partial charge in [-0.05, 0) is 18.4 Å². The molecule has 7 heteroatoms. The Hall–Kier alpha value is -1.24. The first-order valence-electron chi connectivity index (χ1n) is 3.62. The molecule has 0 unspecified atom stereocenters. The standard InChI is InChI=1S/C6H10N4O2S/c1-3-12-6(11)4-5(13-2)10(7)9-8-4/h3,7H2,1-2H3. The molecule has 0 aliphatic heterocycles. The Labute approximate surface area is 79.4 Å². The maximum Gasteiger partial charge on any atom is 0.361 e. The third-order valence-corrected chi connectivity index (χ3v) is 2.08. The Balaban J connectivity index is 2.93. The highest BCUT2D eigenvalue weighted by molar-refractivity contribution is 7.98. The predicted molar refractivity (Wildman–Crippen MR) is 47.9 cm³/mol. The SMILES string of the molecule is CCOC(=O)c1nnn(N)c1SC. The lowest BCUT2D eigenvalue weighted by molar-refractivity contribution is 0.0515. The molecule has 0 saturated carbocycles. The van der Waals surface area contributed by atoms with E-state index >= 15 is 0 Å². The van der Waals surface area contributed by atoms with E-state index in [1.807, 2.05) is 0 Å². The van der Waals surface area contributed by atoms with Gasteiger partial charge in [-0.25, -0.2) is 4.79 Å². The van der Waals surface area contributed by atoms with E-state index < -0.39 is 5.97 Å². The third-order valence-electron chi connectivity index (χ3n) is 1.31. The van der Waals surface area contributed by atoms with Crippen molar-refractivity contribution in [1.29, 1.82) is 0 Å². The molecule has 13 heavy (non-hydrogen) atoms. The summed E-state index contributed by atoms with van der Waals surface area (Å²) in [5.74, 6) is 4.90. The lowest BCUT2D eigenvalue weighted by Gasteiger charge is -1.99. The number of hydrogen-bond donors (Lipinski definition) is 1. The summed E-state index contributed by atoms with van der Waals surface area (Å²) in [7, 11) is 0. The van der Waals surface area contributed by atoms with Gasteiger partial charge in [-0.1, -0.05) is 0 Å². The molecule has 0 aliphatic rings. The molecule has 0 radical (unpaired) electrons. The average molecular weight is 202 g/mol. The summed E-state index contributed by atoms with van der Waals surface area (Å²) in [5, 5.41) is 7.61. The van der Waals surface area contributed by atoms with Gasteiger partial charge in [0.25, 0.3) is 0 Å². The van der Waals surface area contributed by atoms with Crippen molar-refractivity contribution in [3.8, 4) is 0 Å². The first kappa shape index (κ1) is 9.85. The minimum atomic E-state index is -0.497. The van der Waals surface area contributed by atoms with E-state index in [1.165, 1.54) is 11.8 Å². The molecule has 1 aromatic heterocycles. The van der Waals surface area contributed by atoms with E-state index in [4.69, 9.17) is 10.6 Å². The fourth-order valence-electron chi connectivity index (χ4n) is 0.803. The van der Waals surface area contributed by atoms with Crippen molar-refractivity contribution in [2.24, 2.45) is 0 Å². The zero-order chi connectivity index (χ0) is 9.84. The molecule has 0 aromatic carbocycles. The summed E-state index contributed by atoms with van der Waals surface area (Å²) in [6, 6.07) is 0. The van der Waals surface area contributed by atoms with Crippen molar-refractivity contribution >= 4 is 17.7 Å². The van der Waals surface area contributed by atoms with Crippen LogP contribution < -0.4 is 5.84 Å². The third kappa shape index (κ3) is 1.92. The minimum absolute atomic E-state index is 0.164. The number of nitrogens with zero attached hydrogens (tertiary/aromatic N) is 3. The van der Waals surface area contributed by atoms with Gasteiger partial charge < -0.3 is 10.6 Å². The quantitative estimate of drug-likeness (QED) is 0.418. The number of esters is 1. The summed E-state index contributed by atoms with van der Waals surface area (Å²) < 4.78 is 4.76. The highest BCUT2D eigenvalue weighted by Gasteiger charge is 2.18. The lowest BCUT2D eigenvalue weighted by Crippen LogP contribution is -2.12. The minimum Gasteiger partial charge on any atom is -0.461 e. The Bertz CT molecular complexity index is 312. The molecule has 6 nitrogen and oxygen atoms in total. The Kier molecular flexibility index (Phi) is 3.13. The number of hydrogen-bond acceptors (Lipinski definition) is 6. The molecule has 0 saturated heterocycles. The summed E-state index contributed by atoms with van der Waals surface area (Å²) in [5.41, 5.74) is 0.164. The topological polar surface area (TPSA) is 83.0 Å². The van der Waals surface area contributed by atoms with Crippen LogP contribution in [-0.2, 0) is 4.74 Å². The Morgan fingerprint density at radius 3 is 3.00 bits per heavy atom. The summed E-state index contributed by atoms with van der Waals surface area (Å²) in [4.78, 5) is 12.3. The lowest BCUT2D eigenvalue weighted by atomic mass is 10.5. The van der Waals surface area contributed by atoms with Crippen LogP contribution in [-0.4, -0.2) is 33.9 Å². The van der Waals surface area contributed by atoms with Crippen LogP contribution in [0, 0.1) is 0 Å². The van der Waals surface area contributed by atoms with Crippen LogP contribution in [0.3, 0.4) is 0 Å². The molecular weight excluding hydrogens is 192 g/mol. The first-order valence-corrected chi connectivity index (χ1v) is 4.85. The highest BCUT2D eigenvalue weighted by Crippen LogP contribution is 2.16. The maximum absolute atomic E-state index is 11.2. The zero-order valence-corrected chi connectivity index (χ0v) is 8.17. The van der Waals surface area contributed by atoms with Crippen molar-refractivity contribution in [2.45, 2.75) is 11.9 Å². The van der Waals surface area contributed by atoms with Gasteiger partial charge in [-0.3, -0.25) is 0 Å². The van der Waals surface area contributed by atoms with E-state index in [0.717, 1.165) is 4.79 Å². The zero-order valence-electron chi connectivity index (χ0n) is 7.35. The average Bonchev–Trinajstić information content (AvgIpc) is 2.47. The number of ether oxygens (including phenoxy) is 1. The number of thioether (sulfide) groups is 1. The van der Waals surface area contributed by atoms with Crippen molar-refractivity contribution in [2.75, 3.05) is 18.7 Å². The molecule has 0 bridgehead atoms. The van der Waals surface area contributed by atoms with E-state index in [-0.39, 0.29) is 5.69 Å². The summed E-state index contributed by atoms with van der Waals surface area (Å²) in [6.07, 6.45) is 1.78. The maximum atomic E-state index is 11.2. The van der Waals surface area contributed by atoms with Crippen LogP contribution in [0.1, 0.15) is 17.4 Å². The fourth-order valence-corrected chi connectivity index (χ4v) is 1.34. The number of nitrogen functional groups attached to an aromatic ring is 1. The van der Waals surface area contributed by atoms with Crippen molar-refractivity contribution < 1.29 is 9.53 Å². The van der Waals surface area contributed by atoms with Gasteiger partial charge in [-0.15, -0.1) is 16.9 Å². The molecule has 1 aromatic rings. The second-order valence-corrected chi connectivity index (χ2v) is 2.91. The normalized spacial score (nSPS) is 10.0. The van der Waals surface area contributed by atoms with Gasteiger partial charge in [0.2, 0.25) is 5.69 Å². The second kappa shape index (κ2) is 4.13. The number of nitrogens with two attached hydrogens (primary N) is 1. The van der Waals surface area contributed by atoms with Crippen LogP contribution in [0.2, 0.25) is 0 Å². The molecule has 0 atom stereocenters. The molecule has 0 fully saturated rings. The molecule has 0 aliphatic carbocycles. The molecule has 0 amide bonds. The number of carbonyl (C=O) groups excluding carboxylic acids is 1. The highest BCUT2D eigenvalue weighted by atomic mass is 32.2. The molecule has 1 rings (SSSR count). The van der Waals surface area contributed by atoms with Gasteiger partial charge in [0.05, 0.1) is 6.61 Å². The predicted octanol–water partition coefficient (Wildman–Crippen LogP) is -0.110. The molecule has 2 N–H and O–H groups in total. The number of carbonyl (C=O) groups is 1. The van der Waals surface area contributed by atoms with Gasteiger partial charge >= 0.3 is 5.97 Å². The van der Waals surface area contributed by atoms with E-state index in [0.29, 0.717) is 11.6 Å².